The Labute approximate surface area is 128 Å². The largest absolute Gasteiger partial charge is 0.320 e. The van der Waals surface area contributed by atoms with Crippen LogP contribution in [-0.2, 0) is 4.79 Å². The van der Waals surface area contributed by atoms with Gasteiger partial charge in [-0.25, -0.2) is 0 Å². The van der Waals surface area contributed by atoms with Crippen molar-refractivity contribution in [1.82, 2.24) is 10.2 Å². The van der Waals surface area contributed by atoms with Crippen LogP contribution >= 0.6 is 23.1 Å². The molecule has 1 heterocycles. The highest BCUT2D eigenvalue weighted by molar-refractivity contribution is 8.01. The molecule has 1 aromatic carbocycles. The van der Waals surface area contributed by atoms with E-state index in [1.54, 1.807) is 13.0 Å². The Hall–Kier alpha value is -2.00. The second-order valence-corrected chi connectivity index (χ2v) is 6.61. The zero-order valence-corrected chi connectivity index (χ0v) is 13.0. The maximum absolute atomic E-state index is 11.9. The van der Waals surface area contributed by atoms with Crippen LogP contribution in [0, 0.1) is 24.0 Å². The molecule has 1 aromatic heterocycles. The van der Waals surface area contributed by atoms with E-state index < -0.39 is 4.92 Å². The number of benzene rings is 1. The minimum Gasteiger partial charge on any atom is -0.320 e. The Balaban J connectivity index is 2.01. The van der Waals surface area contributed by atoms with Gasteiger partial charge in [-0.05, 0) is 25.5 Å². The smallest absolute Gasteiger partial charge is 0.293 e. The Morgan fingerprint density at radius 1 is 1.43 bits per heavy atom. The van der Waals surface area contributed by atoms with Crippen molar-refractivity contribution in [2.24, 2.45) is 0 Å². The summed E-state index contributed by atoms with van der Waals surface area (Å²) < 4.78 is 0.695. The van der Waals surface area contributed by atoms with E-state index in [9.17, 15) is 14.9 Å². The van der Waals surface area contributed by atoms with Crippen LogP contribution < -0.4 is 5.32 Å². The number of nitro benzene ring substituents is 1. The summed E-state index contributed by atoms with van der Waals surface area (Å²) in [6.45, 7) is 3.59. The lowest BCUT2D eigenvalue weighted by Gasteiger charge is -2.05. The number of carbonyl (C=O) groups excluding carboxylic acids is 1. The monoisotopic (exact) mass is 324 g/mol. The highest BCUT2D eigenvalue weighted by atomic mass is 32.2. The number of amides is 1. The summed E-state index contributed by atoms with van der Waals surface area (Å²) in [5, 5.41) is 22.1. The molecular formula is C12H12N4O3S2. The van der Waals surface area contributed by atoms with Gasteiger partial charge in [0.15, 0.2) is 4.34 Å². The van der Waals surface area contributed by atoms with Crippen LogP contribution in [0.15, 0.2) is 22.5 Å². The van der Waals surface area contributed by atoms with Gasteiger partial charge in [-0.15, -0.1) is 10.2 Å². The molecule has 0 fully saturated rings. The third-order valence-corrected chi connectivity index (χ3v) is 4.43. The molecule has 0 spiro atoms. The van der Waals surface area contributed by atoms with E-state index >= 15 is 0 Å². The SMILES string of the molecule is Cc1ccc(NC(=O)CSc2nnc(C)s2)c([N+](=O)[O-])c1. The summed E-state index contributed by atoms with van der Waals surface area (Å²) in [5.41, 5.74) is 0.850. The lowest BCUT2D eigenvalue weighted by molar-refractivity contribution is -0.384. The quantitative estimate of drug-likeness (QED) is 0.516. The van der Waals surface area contributed by atoms with Gasteiger partial charge in [0.05, 0.1) is 10.7 Å². The number of aromatic nitrogens is 2. The first-order valence-electron chi connectivity index (χ1n) is 5.93. The molecule has 0 unspecified atom stereocenters. The van der Waals surface area contributed by atoms with Crippen LogP contribution in [-0.4, -0.2) is 26.8 Å². The molecule has 1 amide bonds. The first-order valence-corrected chi connectivity index (χ1v) is 7.73. The lowest BCUT2D eigenvalue weighted by atomic mass is 10.2. The topological polar surface area (TPSA) is 98.0 Å². The molecule has 0 aliphatic rings. The number of hydrogen-bond acceptors (Lipinski definition) is 7. The van der Waals surface area contributed by atoms with Gasteiger partial charge < -0.3 is 5.32 Å². The number of rotatable bonds is 5. The van der Waals surface area contributed by atoms with Crippen molar-refractivity contribution in [3.63, 3.8) is 0 Å². The zero-order chi connectivity index (χ0) is 15.4. The third-order valence-electron chi connectivity index (χ3n) is 2.46. The maximum Gasteiger partial charge on any atom is 0.293 e. The normalized spacial score (nSPS) is 10.4. The fourth-order valence-corrected chi connectivity index (χ4v) is 3.16. The Kier molecular flexibility index (Phi) is 4.86. The lowest BCUT2D eigenvalue weighted by Crippen LogP contribution is -2.15. The molecule has 0 radical (unpaired) electrons. The molecule has 0 aliphatic heterocycles. The van der Waals surface area contributed by atoms with Gasteiger partial charge in [0.1, 0.15) is 10.7 Å². The van der Waals surface area contributed by atoms with Gasteiger partial charge in [0.25, 0.3) is 5.69 Å². The fourth-order valence-electron chi connectivity index (χ4n) is 1.55. The average molecular weight is 324 g/mol. The summed E-state index contributed by atoms with van der Waals surface area (Å²) in [6.07, 6.45) is 0. The molecule has 7 nitrogen and oxygen atoms in total. The van der Waals surface area contributed by atoms with E-state index in [0.717, 1.165) is 10.6 Å². The van der Waals surface area contributed by atoms with E-state index in [-0.39, 0.29) is 23.0 Å². The third kappa shape index (κ3) is 4.23. The average Bonchev–Trinajstić information content (AvgIpc) is 2.84. The van der Waals surface area contributed by atoms with Gasteiger partial charge >= 0.3 is 0 Å². The molecule has 0 saturated heterocycles. The van der Waals surface area contributed by atoms with E-state index in [1.807, 2.05) is 6.92 Å². The molecule has 0 bridgehead atoms. The van der Waals surface area contributed by atoms with Crippen molar-refractivity contribution in [2.75, 3.05) is 11.1 Å². The van der Waals surface area contributed by atoms with Crippen molar-refractivity contribution in [3.05, 3.63) is 38.9 Å². The van der Waals surface area contributed by atoms with Crippen molar-refractivity contribution >= 4 is 40.4 Å². The van der Waals surface area contributed by atoms with Crippen LogP contribution in [0.2, 0.25) is 0 Å². The number of nitrogens with one attached hydrogen (secondary N) is 1. The minimum absolute atomic E-state index is 0.111. The highest BCUT2D eigenvalue weighted by Crippen LogP contribution is 2.26. The number of nitro groups is 1. The minimum atomic E-state index is -0.510. The fraction of sp³-hybridized carbons (Fsp3) is 0.250. The maximum atomic E-state index is 11.9. The molecule has 0 atom stereocenters. The summed E-state index contributed by atoms with van der Waals surface area (Å²) in [7, 11) is 0. The predicted molar refractivity (Wildman–Crippen MR) is 81.8 cm³/mol. The summed E-state index contributed by atoms with van der Waals surface area (Å²) >= 11 is 2.65. The molecule has 0 saturated carbocycles. The van der Waals surface area contributed by atoms with Crippen molar-refractivity contribution in [2.45, 2.75) is 18.2 Å². The van der Waals surface area contributed by atoms with E-state index in [4.69, 9.17) is 0 Å². The van der Waals surface area contributed by atoms with Crippen LogP contribution in [0.4, 0.5) is 11.4 Å². The van der Waals surface area contributed by atoms with E-state index in [1.165, 1.54) is 35.2 Å². The van der Waals surface area contributed by atoms with Gasteiger partial charge in [0.2, 0.25) is 5.91 Å². The Morgan fingerprint density at radius 2 is 2.19 bits per heavy atom. The molecule has 2 rings (SSSR count). The second-order valence-electron chi connectivity index (χ2n) is 4.20. The summed E-state index contributed by atoms with van der Waals surface area (Å²) in [5.74, 6) is -0.195. The van der Waals surface area contributed by atoms with Gasteiger partial charge in [0, 0.05) is 6.07 Å². The Morgan fingerprint density at radius 3 is 2.81 bits per heavy atom. The Bertz CT molecular complexity index is 687. The molecule has 21 heavy (non-hydrogen) atoms. The van der Waals surface area contributed by atoms with Crippen LogP contribution in [0.5, 0.6) is 0 Å². The van der Waals surface area contributed by atoms with Gasteiger partial charge in [-0.1, -0.05) is 29.2 Å². The van der Waals surface area contributed by atoms with E-state index in [0.29, 0.717) is 4.34 Å². The van der Waals surface area contributed by atoms with E-state index in [2.05, 4.69) is 15.5 Å². The number of anilines is 1. The highest BCUT2D eigenvalue weighted by Gasteiger charge is 2.16. The number of carbonyl (C=O) groups is 1. The molecule has 1 N–H and O–H groups in total. The van der Waals surface area contributed by atoms with Crippen LogP contribution in [0.25, 0.3) is 0 Å². The van der Waals surface area contributed by atoms with Crippen LogP contribution in [0.1, 0.15) is 10.6 Å². The first-order chi connectivity index (χ1) is 9.95. The molecular weight excluding hydrogens is 312 g/mol. The van der Waals surface area contributed by atoms with Crippen molar-refractivity contribution in [1.29, 1.82) is 0 Å². The first kappa shape index (κ1) is 15.4. The zero-order valence-electron chi connectivity index (χ0n) is 11.3. The van der Waals surface area contributed by atoms with Gasteiger partial charge in [-0.2, -0.15) is 0 Å². The van der Waals surface area contributed by atoms with Crippen molar-refractivity contribution in [3.8, 4) is 0 Å². The standard InChI is InChI=1S/C12H12N4O3S2/c1-7-3-4-9(10(5-7)16(18)19)13-11(17)6-20-12-15-14-8(2)21-12/h3-5H,6H2,1-2H3,(H,13,17). The second kappa shape index (κ2) is 6.64. The summed E-state index contributed by atoms with van der Waals surface area (Å²) in [6, 6.07) is 4.67. The molecule has 2 aromatic rings. The number of thioether (sulfide) groups is 1. The molecule has 9 heteroatoms. The van der Waals surface area contributed by atoms with Gasteiger partial charge in [-0.3, -0.25) is 14.9 Å². The number of hydrogen-bond donors (Lipinski definition) is 1. The van der Waals surface area contributed by atoms with Crippen LogP contribution in [0.3, 0.4) is 0 Å². The number of aryl methyl sites for hydroxylation is 2. The summed E-state index contributed by atoms with van der Waals surface area (Å²) in [4.78, 5) is 22.3. The number of nitrogens with zero attached hydrogens (tertiary/aromatic N) is 3. The van der Waals surface area contributed by atoms with Crippen molar-refractivity contribution < 1.29 is 9.72 Å². The molecule has 0 aliphatic carbocycles. The predicted octanol–water partition coefficient (Wildman–Crippen LogP) is 2.79. The molecule has 110 valence electrons.